The molecule has 0 saturated heterocycles. The number of rotatable bonds is 3. The molecule has 0 aliphatic carbocycles. The first-order chi connectivity index (χ1) is 11.0. The number of oxime groups is 1. The Balaban J connectivity index is 1.94. The second-order valence-electron chi connectivity index (χ2n) is 6.06. The number of carbonyl (C=O) groups excluding carboxylic acids is 1. The number of hydrogen-bond acceptors (Lipinski definition) is 3. The average molecular weight is 305 g/mol. The van der Waals surface area contributed by atoms with Crippen molar-refractivity contribution >= 4 is 17.8 Å². The van der Waals surface area contributed by atoms with Crippen molar-refractivity contribution in [1.29, 1.82) is 0 Å². The van der Waals surface area contributed by atoms with Gasteiger partial charge in [-0.1, -0.05) is 73.1 Å². The van der Waals surface area contributed by atoms with Crippen LogP contribution in [0.1, 0.15) is 42.0 Å². The minimum Gasteiger partial charge on any atom is -0.312 e. The van der Waals surface area contributed by atoms with Crippen molar-refractivity contribution < 1.29 is 9.63 Å². The fourth-order valence-electron chi connectivity index (χ4n) is 2.47. The third kappa shape index (κ3) is 3.24. The Hall–Kier alpha value is -2.68. The van der Waals surface area contributed by atoms with Crippen molar-refractivity contribution in [1.82, 2.24) is 0 Å². The first kappa shape index (κ1) is 15.2. The van der Waals surface area contributed by atoms with Gasteiger partial charge in [-0.25, -0.2) is 4.79 Å². The van der Waals surface area contributed by atoms with Crippen LogP contribution in [0.5, 0.6) is 0 Å². The molecule has 0 unspecified atom stereocenters. The molecule has 0 aromatic heterocycles. The number of carbonyl (C=O) groups is 1. The zero-order valence-corrected chi connectivity index (χ0v) is 13.5. The Morgan fingerprint density at radius 3 is 2.26 bits per heavy atom. The molecule has 0 N–H and O–H groups in total. The monoisotopic (exact) mass is 305 g/mol. The van der Waals surface area contributed by atoms with Crippen molar-refractivity contribution in [3.8, 4) is 0 Å². The Bertz CT molecular complexity index is 781. The maximum atomic E-state index is 12.0. The van der Waals surface area contributed by atoms with E-state index in [-0.39, 0.29) is 0 Å². The summed E-state index contributed by atoms with van der Waals surface area (Å²) in [5.74, 6) is 0.0753. The zero-order valence-electron chi connectivity index (χ0n) is 13.5. The number of benzene rings is 2. The van der Waals surface area contributed by atoms with Gasteiger partial charge in [-0.15, -0.1) is 0 Å². The van der Waals surface area contributed by atoms with Crippen molar-refractivity contribution in [3.05, 3.63) is 76.4 Å². The third-order valence-electron chi connectivity index (χ3n) is 3.93. The number of nitrogens with zero attached hydrogens (tertiary/aromatic N) is 1. The maximum Gasteiger partial charge on any atom is 0.368 e. The van der Waals surface area contributed by atoms with Gasteiger partial charge < -0.3 is 4.84 Å². The topological polar surface area (TPSA) is 38.7 Å². The van der Waals surface area contributed by atoms with Crippen molar-refractivity contribution in [2.24, 2.45) is 5.16 Å². The lowest BCUT2D eigenvalue weighted by atomic mass is 9.98. The molecule has 1 aliphatic heterocycles. The van der Waals surface area contributed by atoms with Crippen LogP contribution in [0.3, 0.4) is 0 Å². The zero-order chi connectivity index (χ0) is 16.4. The molecule has 0 atom stereocenters. The van der Waals surface area contributed by atoms with Gasteiger partial charge in [-0.05, 0) is 30.0 Å². The Morgan fingerprint density at radius 1 is 1.00 bits per heavy atom. The smallest absolute Gasteiger partial charge is 0.312 e. The lowest BCUT2D eigenvalue weighted by Gasteiger charge is -2.05. The fraction of sp³-hybridized carbons (Fsp3) is 0.200. The second-order valence-corrected chi connectivity index (χ2v) is 6.06. The minimum atomic E-state index is -0.409. The van der Waals surface area contributed by atoms with E-state index in [0.717, 1.165) is 16.7 Å². The highest BCUT2D eigenvalue weighted by Crippen LogP contribution is 2.22. The summed E-state index contributed by atoms with van der Waals surface area (Å²) in [5.41, 5.74) is 5.35. The van der Waals surface area contributed by atoms with E-state index in [1.807, 2.05) is 49.4 Å². The van der Waals surface area contributed by atoms with E-state index in [0.29, 0.717) is 17.2 Å². The highest BCUT2D eigenvalue weighted by Gasteiger charge is 2.26. The first-order valence-electron chi connectivity index (χ1n) is 7.73. The summed E-state index contributed by atoms with van der Waals surface area (Å²) in [6, 6.07) is 16.1. The van der Waals surface area contributed by atoms with Gasteiger partial charge >= 0.3 is 5.97 Å². The molecule has 0 radical (unpaired) electrons. The average Bonchev–Trinajstić information content (AvgIpc) is 2.90. The molecular weight excluding hydrogens is 286 g/mol. The molecule has 2 aromatic carbocycles. The summed E-state index contributed by atoms with van der Waals surface area (Å²) in [5, 5.41) is 3.94. The predicted octanol–water partition coefficient (Wildman–Crippen LogP) is 4.46. The van der Waals surface area contributed by atoms with Gasteiger partial charge in [0.1, 0.15) is 5.71 Å². The van der Waals surface area contributed by atoms with E-state index < -0.39 is 5.97 Å². The fourth-order valence-corrected chi connectivity index (χ4v) is 2.47. The molecule has 3 rings (SSSR count). The molecule has 3 nitrogen and oxygen atoms in total. The van der Waals surface area contributed by atoms with Gasteiger partial charge in [-0.3, -0.25) is 0 Å². The molecular formula is C20H19NO2. The summed E-state index contributed by atoms with van der Waals surface area (Å²) in [6.45, 7) is 6.34. The molecule has 116 valence electrons. The molecule has 1 aliphatic rings. The normalized spacial score (nSPS) is 15.9. The van der Waals surface area contributed by atoms with E-state index in [4.69, 9.17) is 4.84 Å². The maximum absolute atomic E-state index is 12.0. The highest BCUT2D eigenvalue weighted by molar-refractivity contribution is 6.31. The SMILES string of the molecule is Cc1ccc(C2=NOC(=O)/C2=C\c2ccc(C(C)C)cc2)cc1. The van der Waals surface area contributed by atoms with Crippen LogP contribution in [0.2, 0.25) is 0 Å². The van der Waals surface area contributed by atoms with Crippen LogP contribution in [0, 0.1) is 6.92 Å². The van der Waals surface area contributed by atoms with Gasteiger partial charge in [0.05, 0.1) is 5.57 Å². The standard InChI is InChI=1S/C20H19NO2/c1-13(2)16-10-6-15(7-11-16)12-18-19(21-23-20(18)22)17-8-4-14(3)5-9-17/h4-13H,1-3H3/b18-12-. The van der Waals surface area contributed by atoms with Crippen LogP contribution in [0.15, 0.2) is 59.3 Å². The van der Waals surface area contributed by atoms with E-state index in [1.54, 1.807) is 0 Å². The number of hydrogen-bond donors (Lipinski definition) is 0. The summed E-state index contributed by atoms with van der Waals surface area (Å²) in [4.78, 5) is 16.9. The van der Waals surface area contributed by atoms with Crippen LogP contribution in [0.4, 0.5) is 0 Å². The van der Waals surface area contributed by atoms with Crippen molar-refractivity contribution in [3.63, 3.8) is 0 Å². The van der Waals surface area contributed by atoms with Crippen molar-refractivity contribution in [2.45, 2.75) is 26.7 Å². The molecule has 3 heteroatoms. The van der Waals surface area contributed by atoms with E-state index in [2.05, 4.69) is 31.1 Å². The Labute approximate surface area is 136 Å². The van der Waals surface area contributed by atoms with Gasteiger partial charge in [0, 0.05) is 5.56 Å². The summed E-state index contributed by atoms with van der Waals surface area (Å²) in [6.07, 6.45) is 1.83. The van der Waals surface area contributed by atoms with Crippen LogP contribution in [-0.2, 0) is 9.63 Å². The van der Waals surface area contributed by atoms with Gasteiger partial charge in [-0.2, -0.15) is 0 Å². The first-order valence-corrected chi connectivity index (χ1v) is 7.73. The molecule has 0 saturated carbocycles. The van der Waals surface area contributed by atoms with E-state index in [9.17, 15) is 4.79 Å². The second kappa shape index (κ2) is 6.21. The molecule has 0 amide bonds. The van der Waals surface area contributed by atoms with E-state index in [1.165, 1.54) is 5.56 Å². The van der Waals surface area contributed by atoms with Gasteiger partial charge in [0.15, 0.2) is 0 Å². The third-order valence-corrected chi connectivity index (χ3v) is 3.93. The Kier molecular flexibility index (Phi) is 4.11. The minimum absolute atomic E-state index is 0.409. The summed E-state index contributed by atoms with van der Waals surface area (Å²) >= 11 is 0. The largest absolute Gasteiger partial charge is 0.368 e. The molecule has 1 heterocycles. The summed E-state index contributed by atoms with van der Waals surface area (Å²) < 4.78 is 0. The van der Waals surface area contributed by atoms with Gasteiger partial charge in [0.25, 0.3) is 0 Å². The van der Waals surface area contributed by atoms with Crippen molar-refractivity contribution in [2.75, 3.05) is 0 Å². The van der Waals surface area contributed by atoms with Crippen LogP contribution in [0.25, 0.3) is 6.08 Å². The van der Waals surface area contributed by atoms with Crippen LogP contribution >= 0.6 is 0 Å². The van der Waals surface area contributed by atoms with Gasteiger partial charge in [0.2, 0.25) is 0 Å². The lowest BCUT2D eigenvalue weighted by Crippen LogP contribution is -2.06. The van der Waals surface area contributed by atoms with Crippen LogP contribution in [-0.4, -0.2) is 11.7 Å². The lowest BCUT2D eigenvalue weighted by molar-refractivity contribution is -0.136. The predicted molar refractivity (Wildman–Crippen MR) is 92.3 cm³/mol. The molecule has 0 spiro atoms. The Morgan fingerprint density at radius 2 is 1.65 bits per heavy atom. The molecule has 2 aromatic rings. The highest BCUT2D eigenvalue weighted by atomic mass is 16.7. The summed E-state index contributed by atoms with van der Waals surface area (Å²) in [7, 11) is 0. The molecule has 0 bridgehead atoms. The van der Waals surface area contributed by atoms with Crippen LogP contribution < -0.4 is 0 Å². The quantitative estimate of drug-likeness (QED) is 0.620. The molecule has 23 heavy (non-hydrogen) atoms. The number of aryl methyl sites for hydroxylation is 1. The molecule has 0 fully saturated rings. The van der Waals surface area contributed by atoms with E-state index >= 15 is 0 Å².